The van der Waals surface area contributed by atoms with E-state index in [4.69, 9.17) is 0 Å². The predicted octanol–water partition coefficient (Wildman–Crippen LogP) is 1.81. The molecule has 0 radical (unpaired) electrons. The van der Waals surface area contributed by atoms with E-state index in [9.17, 15) is 9.59 Å². The summed E-state index contributed by atoms with van der Waals surface area (Å²) in [6, 6.07) is 5.63. The van der Waals surface area contributed by atoms with Crippen LogP contribution in [0.25, 0.3) is 0 Å². The smallest absolute Gasteiger partial charge is 0.225 e. The minimum Gasteiger partial charge on any atom is -0.355 e. The van der Waals surface area contributed by atoms with Crippen LogP contribution in [0.4, 0.5) is 0 Å². The van der Waals surface area contributed by atoms with E-state index < -0.39 is 0 Å². The van der Waals surface area contributed by atoms with Crippen LogP contribution in [0.3, 0.4) is 0 Å². The molecule has 1 N–H and O–H groups in total. The second-order valence-corrected chi connectivity index (χ2v) is 7.07. The van der Waals surface area contributed by atoms with Crippen LogP contribution in [-0.4, -0.2) is 39.8 Å². The van der Waals surface area contributed by atoms with Crippen molar-refractivity contribution in [3.8, 4) is 0 Å². The van der Waals surface area contributed by atoms with Gasteiger partial charge in [0.05, 0.1) is 28.9 Å². The third-order valence-corrected chi connectivity index (χ3v) is 5.29. The Kier molecular flexibility index (Phi) is 5.75. The molecule has 2 aromatic rings. The summed E-state index contributed by atoms with van der Waals surface area (Å²) in [6.45, 7) is 3.55. The molecule has 6 nitrogen and oxygen atoms in total. The number of pyridine rings is 1. The first-order valence-electron chi connectivity index (χ1n) is 8.54. The molecule has 132 valence electrons. The zero-order valence-electron chi connectivity index (χ0n) is 14.3. The average molecular weight is 358 g/mol. The van der Waals surface area contributed by atoms with Crippen molar-refractivity contribution in [3.63, 3.8) is 0 Å². The number of nitrogens with zero attached hydrogens (tertiary/aromatic N) is 3. The van der Waals surface area contributed by atoms with Crippen molar-refractivity contribution < 1.29 is 9.59 Å². The molecule has 3 rings (SSSR count). The van der Waals surface area contributed by atoms with Gasteiger partial charge in [0.1, 0.15) is 0 Å². The number of rotatable bonds is 7. The van der Waals surface area contributed by atoms with Crippen molar-refractivity contribution in [2.24, 2.45) is 5.92 Å². The highest BCUT2D eigenvalue weighted by Gasteiger charge is 2.34. The van der Waals surface area contributed by atoms with Gasteiger partial charge in [0.2, 0.25) is 11.8 Å². The summed E-state index contributed by atoms with van der Waals surface area (Å²) in [6.07, 6.45) is 3.64. The third kappa shape index (κ3) is 4.63. The lowest BCUT2D eigenvalue weighted by atomic mass is 10.1. The van der Waals surface area contributed by atoms with Gasteiger partial charge in [-0.25, -0.2) is 4.98 Å². The number of carbonyl (C=O) groups excluding carboxylic acids is 2. The monoisotopic (exact) mass is 358 g/mol. The molecule has 1 fully saturated rings. The van der Waals surface area contributed by atoms with Gasteiger partial charge in [-0.1, -0.05) is 13.0 Å². The molecule has 2 aromatic heterocycles. The molecule has 2 amide bonds. The van der Waals surface area contributed by atoms with Crippen molar-refractivity contribution in [2.75, 3.05) is 13.1 Å². The molecule has 7 heteroatoms. The highest BCUT2D eigenvalue weighted by molar-refractivity contribution is 7.09. The second-order valence-electron chi connectivity index (χ2n) is 6.12. The van der Waals surface area contributed by atoms with Crippen LogP contribution < -0.4 is 5.32 Å². The molecule has 1 aliphatic heterocycles. The Morgan fingerprint density at radius 3 is 3.00 bits per heavy atom. The van der Waals surface area contributed by atoms with Gasteiger partial charge in [0, 0.05) is 37.5 Å². The fourth-order valence-electron chi connectivity index (χ4n) is 2.87. The van der Waals surface area contributed by atoms with Gasteiger partial charge in [-0.15, -0.1) is 11.3 Å². The molecule has 1 atom stereocenters. The number of likely N-dealkylation sites (tertiary alicyclic amines) is 1. The van der Waals surface area contributed by atoms with E-state index in [0.717, 1.165) is 29.2 Å². The maximum atomic E-state index is 12.3. The molecule has 25 heavy (non-hydrogen) atoms. The minimum absolute atomic E-state index is 0.0119. The maximum Gasteiger partial charge on any atom is 0.225 e. The number of hydrogen-bond donors (Lipinski definition) is 1. The van der Waals surface area contributed by atoms with Crippen LogP contribution in [0.2, 0.25) is 0 Å². The fraction of sp³-hybridized carbons (Fsp3) is 0.444. The zero-order chi connectivity index (χ0) is 17.6. The van der Waals surface area contributed by atoms with Crippen LogP contribution in [0.5, 0.6) is 0 Å². The molecular weight excluding hydrogens is 336 g/mol. The minimum atomic E-state index is -0.280. The van der Waals surface area contributed by atoms with Crippen molar-refractivity contribution in [3.05, 3.63) is 46.2 Å². The predicted molar refractivity (Wildman–Crippen MR) is 96.0 cm³/mol. The summed E-state index contributed by atoms with van der Waals surface area (Å²) in [5, 5.41) is 6.10. The number of thiazole rings is 1. The van der Waals surface area contributed by atoms with E-state index in [2.05, 4.69) is 22.2 Å². The first kappa shape index (κ1) is 17.5. The summed E-state index contributed by atoms with van der Waals surface area (Å²) in [7, 11) is 0. The summed E-state index contributed by atoms with van der Waals surface area (Å²) in [4.78, 5) is 34.9. The van der Waals surface area contributed by atoms with Crippen molar-refractivity contribution in [2.45, 2.75) is 32.7 Å². The lowest BCUT2D eigenvalue weighted by Crippen LogP contribution is -2.34. The van der Waals surface area contributed by atoms with Crippen LogP contribution in [-0.2, 0) is 29.0 Å². The Morgan fingerprint density at radius 2 is 2.28 bits per heavy atom. The van der Waals surface area contributed by atoms with E-state index in [1.807, 2.05) is 23.6 Å². The Morgan fingerprint density at radius 1 is 1.40 bits per heavy atom. The Labute approximate surface area is 151 Å². The van der Waals surface area contributed by atoms with E-state index in [0.29, 0.717) is 19.6 Å². The maximum absolute atomic E-state index is 12.3. The van der Waals surface area contributed by atoms with Crippen molar-refractivity contribution in [1.82, 2.24) is 20.2 Å². The van der Waals surface area contributed by atoms with Crippen LogP contribution in [0, 0.1) is 5.92 Å². The zero-order valence-corrected chi connectivity index (χ0v) is 15.1. The molecule has 1 aliphatic rings. The highest BCUT2D eigenvalue weighted by atomic mass is 32.1. The normalized spacial score (nSPS) is 17.1. The van der Waals surface area contributed by atoms with Crippen LogP contribution in [0.15, 0.2) is 29.8 Å². The molecular formula is C18H22N4O2S. The number of hydrogen-bond acceptors (Lipinski definition) is 5. The summed E-state index contributed by atoms with van der Waals surface area (Å²) >= 11 is 1.65. The number of nitrogens with one attached hydrogen (secondary N) is 1. The molecule has 0 saturated carbocycles. The van der Waals surface area contributed by atoms with E-state index in [-0.39, 0.29) is 24.2 Å². The SMILES string of the molecule is CCc1nc(CCNC(=O)[C@H]2CC(=O)N(Cc3ccccn3)C2)cs1. The Balaban J connectivity index is 1.45. The Bertz CT molecular complexity index is 732. The topological polar surface area (TPSA) is 75.2 Å². The summed E-state index contributed by atoms with van der Waals surface area (Å²) in [5.41, 5.74) is 1.86. The van der Waals surface area contributed by atoms with Gasteiger partial charge in [-0.3, -0.25) is 14.6 Å². The first-order chi connectivity index (χ1) is 12.2. The van der Waals surface area contributed by atoms with Crippen LogP contribution in [0.1, 0.15) is 29.7 Å². The first-order valence-corrected chi connectivity index (χ1v) is 9.42. The molecule has 0 aromatic carbocycles. The van der Waals surface area contributed by atoms with Gasteiger partial charge in [-0.05, 0) is 18.6 Å². The van der Waals surface area contributed by atoms with E-state index in [1.165, 1.54) is 0 Å². The quantitative estimate of drug-likeness (QED) is 0.819. The molecule has 3 heterocycles. The fourth-order valence-corrected chi connectivity index (χ4v) is 3.65. The number of carbonyl (C=O) groups is 2. The van der Waals surface area contributed by atoms with E-state index in [1.54, 1.807) is 22.4 Å². The second kappa shape index (κ2) is 8.20. The molecule has 0 aliphatic carbocycles. The number of aromatic nitrogens is 2. The summed E-state index contributed by atoms with van der Waals surface area (Å²) in [5.74, 6) is -0.321. The standard InChI is InChI=1S/C18H22N4O2S/c1-2-16-21-15(12-25-16)6-8-20-18(24)13-9-17(23)22(10-13)11-14-5-3-4-7-19-14/h3-5,7,12-13H,2,6,8-11H2,1H3,(H,20,24)/t13-/m0/s1. The lowest BCUT2D eigenvalue weighted by Gasteiger charge is -2.16. The van der Waals surface area contributed by atoms with E-state index >= 15 is 0 Å². The van der Waals surface area contributed by atoms with Crippen molar-refractivity contribution in [1.29, 1.82) is 0 Å². The van der Waals surface area contributed by atoms with Gasteiger partial charge < -0.3 is 10.2 Å². The molecule has 0 spiro atoms. The van der Waals surface area contributed by atoms with Crippen molar-refractivity contribution >= 4 is 23.2 Å². The number of amides is 2. The number of aryl methyl sites for hydroxylation is 1. The Hall–Kier alpha value is -2.28. The third-order valence-electron chi connectivity index (χ3n) is 4.25. The van der Waals surface area contributed by atoms with Gasteiger partial charge in [-0.2, -0.15) is 0 Å². The largest absolute Gasteiger partial charge is 0.355 e. The molecule has 0 unspecified atom stereocenters. The lowest BCUT2D eigenvalue weighted by molar-refractivity contribution is -0.129. The molecule has 0 bridgehead atoms. The van der Waals surface area contributed by atoms with Gasteiger partial charge >= 0.3 is 0 Å². The molecule has 1 saturated heterocycles. The summed E-state index contributed by atoms with van der Waals surface area (Å²) < 4.78 is 0. The van der Waals surface area contributed by atoms with Gasteiger partial charge in [0.25, 0.3) is 0 Å². The average Bonchev–Trinajstić information content (AvgIpc) is 3.23. The van der Waals surface area contributed by atoms with Crippen LogP contribution >= 0.6 is 11.3 Å². The van der Waals surface area contributed by atoms with Gasteiger partial charge in [0.15, 0.2) is 0 Å². The highest BCUT2D eigenvalue weighted by Crippen LogP contribution is 2.20.